The molecule has 0 saturated carbocycles. The molecule has 0 unspecified atom stereocenters. The van der Waals surface area contributed by atoms with Gasteiger partial charge in [0.2, 0.25) is 5.91 Å². The van der Waals surface area contributed by atoms with Gasteiger partial charge in [-0.1, -0.05) is 23.7 Å². The molecule has 0 radical (unpaired) electrons. The summed E-state index contributed by atoms with van der Waals surface area (Å²) in [6.45, 7) is 2.48. The molecular weight excluding hydrogens is 400 g/mol. The second-order valence-corrected chi connectivity index (χ2v) is 7.76. The average molecular weight is 429 g/mol. The Hall–Kier alpha value is -1.71. The monoisotopic (exact) mass is 428 g/mol. The molecule has 0 aliphatic carbocycles. The smallest absolute Gasteiger partial charge is 0.290 e. The molecule has 2 aliphatic heterocycles. The molecule has 8 nitrogen and oxygen atoms in total. The summed E-state index contributed by atoms with van der Waals surface area (Å²) in [4.78, 5) is 22.6. The first-order valence-corrected chi connectivity index (χ1v) is 10.1. The molecule has 0 aromatic heterocycles. The highest BCUT2D eigenvalue weighted by Crippen LogP contribution is 2.35. The molecule has 0 bridgehead atoms. The third kappa shape index (κ3) is 6.94. The Morgan fingerprint density at radius 2 is 2.03 bits per heavy atom. The summed E-state index contributed by atoms with van der Waals surface area (Å²) in [5, 5.41) is 30.7. The van der Waals surface area contributed by atoms with Crippen LogP contribution in [0.15, 0.2) is 24.3 Å². The number of piperidine rings is 1. The summed E-state index contributed by atoms with van der Waals surface area (Å²) in [5.41, 5.74) is 0.441. The number of carbonyl (C=O) groups is 2. The lowest BCUT2D eigenvalue weighted by Crippen LogP contribution is -2.60. The maximum atomic E-state index is 12.2. The van der Waals surface area contributed by atoms with Crippen LogP contribution in [0, 0.1) is 0 Å². The number of halogens is 1. The minimum Gasteiger partial charge on any atom is -0.483 e. The van der Waals surface area contributed by atoms with E-state index in [2.05, 4.69) is 10.2 Å². The minimum absolute atomic E-state index is 0.00637. The molecule has 1 aromatic carbocycles. The third-order valence-electron chi connectivity index (χ3n) is 5.40. The van der Waals surface area contributed by atoms with Crippen molar-refractivity contribution in [3.8, 4) is 0 Å². The van der Waals surface area contributed by atoms with Gasteiger partial charge in [0.05, 0.1) is 24.9 Å². The molecule has 2 saturated heterocycles. The number of hydrogen-bond acceptors (Lipinski definition) is 6. The van der Waals surface area contributed by atoms with Crippen LogP contribution >= 0.6 is 11.6 Å². The van der Waals surface area contributed by atoms with E-state index in [0.717, 1.165) is 12.0 Å². The van der Waals surface area contributed by atoms with Crippen LogP contribution in [-0.4, -0.2) is 83.2 Å². The number of aliphatic hydroxyl groups excluding tert-OH is 2. The number of carboxylic acid groups (broad SMARTS) is 1. The van der Waals surface area contributed by atoms with Crippen LogP contribution in [-0.2, 0) is 20.7 Å². The first-order chi connectivity index (χ1) is 13.9. The lowest BCUT2D eigenvalue weighted by atomic mass is 9.80. The van der Waals surface area contributed by atoms with Gasteiger partial charge in [0.25, 0.3) is 6.47 Å². The van der Waals surface area contributed by atoms with Gasteiger partial charge in [0, 0.05) is 24.7 Å². The summed E-state index contributed by atoms with van der Waals surface area (Å²) in [6, 6.07) is 7.63. The van der Waals surface area contributed by atoms with Crippen molar-refractivity contribution in [2.45, 2.75) is 43.5 Å². The van der Waals surface area contributed by atoms with Crippen LogP contribution in [0.4, 0.5) is 0 Å². The zero-order chi connectivity index (χ0) is 21.3. The fraction of sp³-hybridized carbons (Fsp3) is 0.600. The van der Waals surface area contributed by atoms with E-state index >= 15 is 0 Å². The van der Waals surface area contributed by atoms with E-state index in [1.807, 2.05) is 24.3 Å². The highest BCUT2D eigenvalue weighted by atomic mass is 35.5. The second kappa shape index (κ2) is 11.5. The molecule has 2 atom stereocenters. The third-order valence-corrected chi connectivity index (χ3v) is 5.64. The van der Waals surface area contributed by atoms with Crippen molar-refractivity contribution in [1.29, 1.82) is 0 Å². The van der Waals surface area contributed by atoms with Crippen molar-refractivity contribution in [2.75, 3.05) is 32.8 Å². The molecule has 9 heteroatoms. The molecule has 162 valence electrons. The topological polar surface area (TPSA) is 119 Å². The summed E-state index contributed by atoms with van der Waals surface area (Å²) in [6.07, 6.45) is 0.909. The molecule has 1 spiro atoms. The Kier molecular flexibility index (Phi) is 9.32. The Morgan fingerprint density at radius 3 is 2.69 bits per heavy atom. The lowest BCUT2D eigenvalue weighted by molar-refractivity contribution is -0.214. The molecule has 2 heterocycles. The summed E-state index contributed by atoms with van der Waals surface area (Å²) < 4.78 is 5.82. The number of amides is 1. The fourth-order valence-electron chi connectivity index (χ4n) is 3.80. The largest absolute Gasteiger partial charge is 0.483 e. The molecule has 2 aliphatic rings. The summed E-state index contributed by atoms with van der Waals surface area (Å²) >= 11 is 5.96. The van der Waals surface area contributed by atoms with Crippen molar-refractivity contribution >= 4 is 24.0 Å². The van der Waals surface area contributed by atoms with Gasteiger partial charge >= 0.3 is 0 Å². The first kappa shape index (κ1) is 23.6. The van der Waals surface area contributed by atoms with Crippen LogP contribution in [0.5, 0.6) is 0 Å². The van der Waals surface area contributed by atoms with E-state index in [0.29, 0.717) is 57.1 Å². The van der Waals surface area contributed by atoms with E-state index in [-0.39, 0.29) is 12.4 Å². The predicted octanol–water partition coefficient (Wildman–Crippen LogP) is 0.676. The van der Waals surface area contributed by atoms with E-state index < -0.39 is 17.8 Å². The fourth-order valence-corrected chi connectivity index (χ4v) is 4.02. The Labute approximate surface area is 175 Å². The number of carbonyl (C=O) groups excluding carboxylic acids is 1. The first-order valence-electron chi connectivity index (χ1n) is 9.71. The maximum absolute atomic E-state index is 12.2. The Bertz CT molecular complexity index is 666. The van der Waals surface area contributed by atoms with Crippen molar-refractivity contribution in [3.05, 3.63) is 34.9 Å². The Balaban J connectivity index is 0.000000941. The van der Waals surface area contributed by atoms with Crippen molar-refractivity contribution in [2.24, 2.45) is 0 Å². The van der Waals surface area contributed by atoms with Gasteiger partial charge < -0.3 is 25.4 Å². The number of nitrogens with zero attached hydrogens (tertiary/aromatic N) is 1. The van der Waals surface area contributed by atoms with Gasteiger partial charge in [-0.25, -0.2) is 0 Å². The van der Waals surface area contributed by atoms with E-state index in [1.165, 1.54) is 0 Å². The average Bonchev–Trinajstić information content (AvgIpc) is 2.69. The van der Waals surface area contributed by atoms with Crippen LogP contribution in [0.1, 0.15) is 24.8 Å². The quantitative estimate of drug-likeness (QED) is 0.509. The number of ether oxygens (including phenoxy) is 1. The van der Waals surface area contributed by atoms with Crippen LogP contribution in [0.3, 0.4) is 0 Å². The molecule has 1 aromatic rings. The number of benzene rings is 1. The van der Waals surface area contributed by atoms with Gasteiger partial charge in [-0.15, -0.1) is 0 Å². The van der Waals surface area contributed by atoms with Crippen LogP contribution in [0.25, 0.3) is 0 Å². The maximum Gasteiger partial charge on any atom is 0.290 e. The zero-order valence-electron chi connectivity index (χ0n) is 16.3. The standard InChI is InChI=1S/C19H27ClN2O4.CH2O2/c20-15-3-1-2-14(12-15)4-8-21-17(24)13-22-9-6-19(7-10-22)18(25)16(23)5-11-26-19;2-1-3/h1-3,12,16,18,23,25H,4-11,13H2,(H,21,24);1H,(H,2,3)/t16-,18-;/m0./s1. The molecular formula is C20H29ClN2O6. The SMILES string of the molecule is O=C(CN1CCC2(CC1)OCC[C@H](O)[C@@H]2O)NCCc1cccc(Cl)c1.O=CO. The van der Waals surface area contributed by atoms with E-state index in [1.54, 1.807) is 0 Å². The van der Waals surface area contributed by atoms with Gasteiger partial charge in [0.1, 0.15) is 6.10 Å². The predicted molar refractivity (Wildman–Crippen MR) is 108 cm³/mol. The van der Waals surface area contributed by atoms with Gasteiger partial charge in [-0.3, -0.25) is 14.5 Å². The number of rotatable bonds is 5. The molecule has 29 heavy (non-hydrogen) atoms. The molecule has 1 amide bonds. The highest BCUT2D eigenvalue weighted by molar-refractivity contribution is 6.30. The summed E-state index contributed by atoms with van der Waals surface area (Å²) in [7, 11) is 0. The van der Waals surface area contributed by atoms with Crippen molar-refractivity contribution < 1.29 is 29.6 Å². The molecule has 3 rings (SSSR count). The summed E-state index contributed by atoms with van der Waals surface area (Å²) in [5.74, 6) is -0.00637. The second-order valence-electron chi connectivity index (χ2n) is 7.33. The number of nitrogens with one attached hydrogen (secondary N) is 1. The Morgan fingerprint density at radius 1 is 1.34 bits per heavy atom. The minimum atomic E-state index is -0.843. The molecule has 4 N–H and O–H groups in total. The van der Waals surface area contributed by atoms with E-state index in [4.69, 9.17) is 26.2 Å². The number of likely N-dealkylation sites (tertiary alicyclic amines) is 1. The van der Waals surface area contributed by atoms with E-state index in [9.17, 15) is 15.0 Å². The lowest BCUT2D eigenvalue weighted by Gasteiger charge is -2.48. The van der Waals surface area contributed by atoms with Crippen LogP contribution in [0.2, 0.25) is 5.02 Å². The number of aliphatic hydroxyl groups is 2. The van der Waals surface area contributed by atoms with Crippen molar-refractivity contribution in [3.63, 3.8) is 0 Å². The van der Waals surface area contributed by atoms with Crippen molar-refractivity contribution in [1.82, 2.24) is 10.2 Å². The highest BCUT2D eigenvalue weighted by Gasteiger charge is 2.47. The van der Waals surface area contributed by atoms with Gasteiger partial charge in [0.15, 0.2) is 0 Å². The van der Waals surface area contributed by atoms with Gasteiger partial charge in [-0.2, -0.15) is 0 Å². The van der Waals surface area contributed by atoms with Crippen LogP contribution < -0.4 is 5.32 Å². The molecule has 2 fully saturated rings. The normalized spacial score (nSPS) is 23.7. The number of hydrogen-bond donors (Lipinski definition) is 4. The van der Waals surface area contributed by atoms with Gasteiger partial charge in [-0.05, 0) is 43.4 Å². The zero-order valence-corrected chi connectivity index (χ0v) is 17.1.